The maximum Gasteiger partial charge on any atom is 0.269 e. The Balaban J connectivity index is 2.27. The SMILES string of the molecule is Cc1cc([N+](=O)[O-])ccc1-c1nc(C(N)CN(C)C)no1. The van der Waals surface area contributed by atoms with Gasteiger partial charge < -0.3 is 15.2 Å². The Morgan fingerprint density at radius 1 is 1.48 bits per heavy atom. The molecule has 0 radical (unpaired) electrons. The number of aromatic nitrogens is 2. The van der Waals surface area contributed by atoms with E-state index in [-0.39, 0.29) is 11.7 Å². The minimum atomic E-state index is -0.441. The molecule has 0 aliphatic heterocycles. The number of benzene rings is 1. The van der Waals surface area contributed by atoms with E-state index in [4.69, 9.17) is 10.3 Å². The van der Waals surface area contributed by atoms with Crippen molar-refractivity contribution in [1.29, 1.82) is 0 Å². The Kier molecular flexibility index (Phi) is 4.29. The maximum atomic E-state index is 10.7. The molecular weight excluding hydrogens is 274 g/mol. The zero-order valence-corrected chi connectivity index (χ0v) is 12.1. The molecule has 1 unspecified atom stereocenters. The monoisotopic (exact) mass is 291 g/mol. The number of likely N-dealkylation sites (N-methyl/N-ethyl adjacent to an activating group) is 1. The van der Waals surface area contributed by atoms with Crippen molar-refractivity contribution in [3.05, 3.63) is 39.7 Å². The molecule has 2 aromatic rings. The first-order chi connectivity index (χ1) is 9.88. The van der Waals surface area contributed by atoms with E-state index in [0.29, 0.717) is 29.4 Å². The van der Waals surface area contributed by atoms with Gasteiger partial charge in [0.1, 0.15) is 0 Å². The van der Waals surface area contributed by atoms with Crippen LogP contribution < -0.4 is 5.73 Å². The number of nitrogens with two attached hydrogens (primary N) is 1. The third kappa shape index (κ3) is 3.41. The first kappa shape index (κ1) is 15.1. The summed E-state index contributed by atoms with van der Waals surface area (Å²) >= 11 is 0. The van der Waals surface area contributed by atoms with Crippen molar-refractivity contribution in [3.63, 3.8) is 0 Å². The fraction of sp³-hybridized carbons (Fsp3) is 0.385. The summed E-state index contributed by atoms with van der Waals surface area (Å²) in [5.41, 5.74) is 7.36. The number of hydrogen-bond donors (Lipinski definition) is 1. The fourth-order valence-corrected chi connectivity index (χ4v) is 1.97. The summed E-state index contributed by atoms with van der Waals surface area (Å²) in [6, 6.07) is 4.13. The van der Waals surface area contributed by atoms with Gasteiger partial charge in [0.05, 0.1) is 11.0 Å². The second-order valence-electron chi connectivity index (χ2n) is 5.08. The fourth-order valence-electron chi connectivity index (χ4n) is 1.97. The molecule has 1 aromatic heterocycles. The molecule has 2 N–H and O–H groups in total. The predicted octanol–water partition coefficient (Wildman–Crippen LogP) is 1.51. The van der Waals surface area contributed by atoms with E-state index >= 15 is 0 Å². The molecule has 2 rings (SSSR count). The second kappa shape index (κ2) is 5.98. The first-order valence-corrected chi connectivity index (χ1v) is 6.38. The van der Waals surface area contributed by atoms with Crippen molar-refractivity contribution in [2.75, 3.05) is 20.6 Å². The minimum absolute atomic E-state index is 0.0281. The van der Waals surface area contributed by atoms with Gasteiger partial charge in [-0.15, -0.1) is 0 Å². The van der Waals surface area contributed by atoms with E-state index in [1.807, 2.05) is 19.0 Å². The molecule has 1 heterocycles. The third-order valence-electron chi connectivity index (χ3n) is 2.99. The number of aryl methyl sites for hydroxylation is 1. The second-order valence-corrected chi connectivity index (χ2v) is 5.08. The van der Waals surface area contributed by atoms with Crippen molar-refractivity contribution in [3.8, 4) is 11.5 Å². The van der Waals surface area contributed by atoms with Gasteiger partial charge in [-0.3, -0.25) is 10.1 Å². The molecule has 112 valence electrons. The molecule has 0 amide bonds. The van der Waals surface area contributed by atoms with Gasteiger partial charge in [-0.2, -0.15) is 4.98 Å². The van der Waals surface area contributed by atoms with E-state index in [1.165, 1.54) is 12.1 Å². The number of nitrogens with zero attached hydrogens (tertiary/aromatic N) is 4. The van der Waals surface area contributed by atoms with Gasteiger partial charge in [0.25, 0.3) is 11.6 Å². The summed E-state index contributed by atoms with van der Waals surface area (Å²) in [6.45, 7) is 2.35. The molecule has 8 heteroatoms. The molecule has 8 nitrogen and oxygen atoms in total. The van der Waals surface area contributed by atoms with Crippen molar-refractivity contribution in [2.45, 2.75) is 13.0 Å². The lowest BCUT2D eigenvalue weighted by molar-refractivity contribution is -0.384. The van der Waals surface area contributed by atoms with Gasteiger partial charge in [-0.05, 0) is 32.6 Å². The highest BCUT2D eigenvalue weighted by atomic mass is 16.6. The Bertz CT molecular complexity index is 653. The van der Waals surface area contributed by atoms with Crippen LogP contribution in [0.1, 0.15) is 17.4 Å². The van der Waals surface area contributed by atoms with Gasteiger partial charge in [0.15, 0.2) is 5.82 Å². The number of rotatable bonds is 5. The van der Waals surface area contributed by atoms with Crippen molar-refractivity contribution in [2.24, 2.45) is 5.73 Å². The molecule has 0 aliphatic carbocycles. The van der Waals surface area contributed by atoms with Crippen LogP contribution in [0.25, 0.3) is 11.5 Å². The summed E-state index contributed by atoms with van der Waals surface area (Å²) in [7, 11) is 3.81. The first-order valence-electron chi connectivity index (χ1n) is 6.38. The average Bonchev–Trinajstić information content (AvgIpc) is 2.87. The van der Waals surface area contributed by atoms with Crippen molar-refractivity contribution < 1.29 is 9.45 Å². The van der Waals surface area contributed by atoms with Crippen LogP contribution in [0.5, 0.6) is 0 Å². The van der Waals surface area contributed by atoms with Gasteiger partial charge in [-0.25, -0.2) is 0 Å². The standard InChI is InChI=1S/C13H17N5O3/c1-8-6-9(18(19)20)4-5-10(8)13-15-12(16-21-13)11(14)7-17(2)3/h4-6,11H,7,14H2,1-3H3. The molecule has 0 spiro atoms. The van der Waals surface area contributed by atoms with Crippen molar-refractivity contribution >= 4 is 5.69 Å². The van der Waals surface area contributed by atoms with E-state index in [0.717, 1.165) is 0 Å². The zero-order chi connectivity index (χ0) is 15.6. The Morgan fingerprint density at radius 2 is 2.19 bits per heavy atom. The summed E-state index contributed by atoms with van der Waals surface area (Å²) < 4.78 is 5.21. The lowest BCUT2D eigenvalue weighted by Gasteiger charge is -2.12. The summed E-state index contributed by atoms with van der Waals surface area (Å²) in [5.74, 6) is 0.725. The normalized spacial score (nSPS) is 12.6. The molecule has 0 bridgehead atoms. The van der Waals surface area contributed by atoms with Gasteiger partial charge in [0.2, 0.25) is 0 Å². The largest absolute Gasteiger partial charge is 0.334 e. The van der Waals surface area contributed by atoms with E-state index in [9.17, 15) is 10.1 Å². The Hall–Kier alpha value is -2.32. The quantitative estimate of drug-likeness (QED) is 0.656. The van der Waals surface area contributed by atoms with Crippen LogP contribution in [0.15, 0.2) is 22.7 Å². The molecule has 1 atom stereocenters. The average molecular weight is 291 g/mol. The number of nitro groups is 1. The topological polar surface area (TPSA) is 111 Å². The third-order valence-corrected chi connectivity index (χ3v) is 2.99. The Labute approximate surface area is 121 Å². The lowest BCUT2D eigenvalue weighted by Crippen LogP contribution is -2.26. The minimum Gasteiger partial charge on any atom is -0.334 e. The molecule has 21 heavy (non-hydrogen) atoms. The molecule has 0 saturated heterocycles. The van der Waals surface area contributed by atoms with Gasteiger partial charge in [0, 0.05) is 24.2 Å². The molecule has 0 aliphatic rings. The van der Waals surface area contributed by atoms with E-state index < -0.39 is 4.92 Å². The highest BCUT2D eigenvalue weighted by Gasteiger charge is 2.18. The molecular formula is C13H17N5O3. The summed E-state index contributed by atoms with van der Waals surface area (Å²) in [5, 5.41) is 14.6. The van der Waals surface area contributed by atoms with E-state index in [2.05, 4.69) is 10.1 Å². The van der Waals surface area contributed by atoms with Gasteiger partial charge in [-0.1, -0.05) is 5.16 Å². The zero-order valence-electron chi connectivity index (χ0n) is 12.1. The molecule has 0 saturated carbocycles. The highest BCUT2D eigenvalue weighted by molar-refractivity contribution is 5.61. The lowest BCUT2D eigenvalue weighted by atomic mass is 10.1. The van der Waals surface area contributed by atoms with Crippen LogP contribution >= 0.6 is 0 Å². The maximum absolute atomic E-state index is 10.7. The smallest absolute Gasteiger partial charge is 0.269 e. The highest BCUT2D eigenvalue weighted by Crippen LogP contribution is 2.26. The van der Waals surface area contributed by atoms with Crippen LogP contribution in [0.2, 0.25) is 0 Å². The van der Waals surface area contributed by atoms with E-state index in [1.54, 1.807) is 13.0 Å². The van der Waals surface area contributed by atoms with Crippen LogP contribution in [0, 0.1) is 17.0 Å². The molecule has 1 aromatic carbocycles. The van der Waals surface area contributed by atoms with Gasteiger partial charge >= 0.3 is 0 Å². The van der Waals surface area contributed by atoms with Crippen LogP contribution in [0.4, 0.5) is 5.69 Å². The van der Waals surface area contributed by atoms with Crippen LogP contribution in [0.3, 0.4) is 0 Å². The number of hydrogen-bond acceptors (Lipinski definition) is 7. The van der Waals surface area contributed by atoms with Crippen LogP contribution in [-0.4, -0.2) is 40.6 Å². The predicted molar refractivity (Wildman–Crippen MR) is 76.6 cm³/mol. The number of non-ortho nitro benzene ring substituents is 1. The molecule has 0 fully saturated rings. The summed E-state index contributed by atoms with van der Waals surface area (Å²) in [6.07, 6.45) is 0. The van der Waals surface area contributed by atoms with Crippen LogP contribution in [-0.2, 0) is 0 Å². The summed E-state index contributed by atoms with van der Waals surface area (Å²) in [4.78, 5) is 16.5. The Morgan fingerprint density at radius 3 is 2.76 bits per heavy atom. The number of nitro benzene ring substituents is 1. The van der Waals surface area contributed by atoms with Crippen molar-refractivity contribution in [1.82, 2.24) is 15.0 Å².